The molecule has 0 radical (unpaired) electrons. The van der Waals surface area contributed by atoms with E-state index in [0.29, 0.717) is 17.1 Å². The van der Waals surface area contributed by atoms with Crippen LogP contribution in [0.4, 0.5) is 47.3 Å². The first kappa shape index (κ1) is 41.4. The van der Waals surface area contributed by atoms with Crippen LogP contribution in [0.2, 0.25) is 0 Å². The van der Waals surface area contributed by atoms with Crippen LogP contribution in [-0.4, -0.2) is 13.9 Å². The van der Waals surface area contributed by atoms with Gasteiger partial charge in [-0.3, -0.25) is 0 Å². The summed E-state index contributed by atoms with van der Waals surface area (Å²) in [6, 6.07) is 61.0. The van der Waals surface area contributed by atoms with Gasteiger partial charge in [0.15, 0.2) is 5.75 Å². The minimum Gasteiger partial charge on any atom is -0.374 e. The Balaban J connectivity index is 1.17. The van der Waals surface area contributed by atoms with Gasteiger partial charge in [0, 0.05) is 39.0 Å². The highest BCUT2D eigenvalue weighted by Gasteiger charge is 2.49. The average Bonchev–Trinajstić information content (AvgIpc) is 3.68. The van der Waals surface area contributed by atoms with Crippen LogP contribution in [0.3, 0.4) is 0 Å². The van der Waals surface area contributed by atoms with Gasteiger partial charge >= 0.3 is 15.6 Å². The first-order chi connectivity index (χ1) is 31.6. The fourth-order valence-corrected chi connectivity index (χ4v) is 10.8. The molecule has 0 heterocycles. The summed E-state index contributed by atoms with van der Waals surface area (Å²) in [5, 5.41) is 3.53. The maximum absolute atomic E-state index is 14.6. The molecule has 0 bridgehead atoms. The van der Waals surface area contributed by atoms with Crippen molar-refractivity contribution < 1.29 is 25.8 Å². The average molecular weight is 893 g/mol. The van der Waals surface area contributed by atoms with Crippen molar-refractivity contribution in [2.75, 3.05) is 9.80 Å². The van der Waals surface area contributed by atoms with E-state index >= 15 is 0 Å². The molecule has 0 fully saturated rings. The summed E-state index contributed by atoms with van der Waals surface area (Å²) in [6.45, 7) is 8.69. The number of hydrogen-bond acceptors (Lipinski definition) is 5. The maximum atomic E-state index is 14.6. The van der Waals surface area contributed by atoms with Crippen LogP contribution in [0.15, 0.2) is 188 Å². The zero-order valence-electron chi connectivity index (χ0n) is 36.6. The van der Waals surface area contributed by atoms with Crippen molar-refractivity contribution in [2.45, 2.75) is 44.0 Å². The standard InChI is InChI=1S/C57H43F3N2O3S/c1-55(2)47-23-11-9-21-43(47)45-30-27-38(33-49(45)55)61(51-25-13-17-36-15-5-7-19-41(36)51)40-29-32-53(54(35-40)65-66(63,64)57(58,59)60)62(52-26-14-18-37-16-6-8-20-42(37)52)39-28-31-46-44-22-10-12-24-48(44)56(3,4)50(46)34-39/h5-35H,1-4H3. The maximum Gasteiger partial charge on any atom is 0.534 e. The van der Waals surface area contributed by atoms with Crippen molar-refractivity contribution in [3.63, 3.8) is 0 Å². The minimum absolute atomic E-state index is 0.0969. The Morgan fingerprint density at radius 2 is 0.833 bits per heavy atom. The Morgan fingerprint density at radius 1 is 0.424 bits per heavy atom. The third-order valence-electron chi connectivity index (χ3n) is 13.6. The molecule has 0 aromatic heterocycles. The molecule has 2 aliphatic carbocycles. The molecule has 0 aliphatic heterocycles. The molecule has 0 atom stereocenters. The smallest absolute Gasteiger partial charge is 0.374 e. The second kappa shape index (κ2) is 14.8. The van der Waals surface area contributed by atoms with E-state index in [9.17, 15) is 21.6 Å². The van der Waals surface area contributed by atoms with Gasteiger partial charge in [0.2, 0.25) is 0 Å². The van der Waals surface area contributed by atoms with Crippen LogP contribution in [0.5, 0.6) is 5.75 Å². The highest BCUT2D eigenvalue weighted by Crippen LogP contribution is 2.54. The largest absolute Gasteiger partial charge is 0.534 e. The first-order valence-electron chi connectivity index (χ1n) is 21.8. The molecule has 9 aromatic carbocycles. The lowest BCUT2D eigenvalue weighted by Crippen LogP contribution is -2.28. The number of rotatable bonds is 8. The molecular weight excluding hydrogens is 850 g/mol. The number of nitrogens with zero attached hydrogens (tertiary/aromatic N) is 2. The molecule has 2 aliphatic rings. The molecule has 0 spiro atoms. The van der Waals surface area contributed by atoms with Crippen LogP contribution in [0.1, 0.15) is 49.9 Å². The van der Waals surface area contributed by atoms with E-state index in [1.54, 1.807) is 6.07 Å². The molecule has 11 rings (SSSR count). The fourth-order valence-electron chi connectivity index (χ4n) is 10.4. The van der Waals surface area contributed by atoms with Gasteiger partial charge < -0.3 is 14.0 Å². The van der Waals surface area contributed by atoms with E-state index in [2.05, 4.69) is 70.2 Å². The van der Waals surface area contributed by atoms with Crippen LogP contribution in [-0.2, 0) is 20.9 Å². The summed E-state index contributed by atoms with van der Waals surface area (Å²) >= 11 is 0. The van der Waals surface area contributed by atoms with Gasteiger partial charge in [-0.15, -0.1) is 0 Å². The second-order valence-electron chi connectivity index (χ2n) is 18.1. The summed E-state index contributed by atoms with van der Waals surface area (Å²) in [6.07, 6.45) is 0. The molecule has 0 amide bonds. The third-order valence-corrected chi connectivity index (χ3v) is 14.6. The number of halogens is 3. The predicted octanol–water partition coefficient (Wildman–Crippen LogP) is 15.8. The summed E-state index contributed by atoms with van der Waals surface area (Å²) in [7, 11) is -6.18. The fraction of sp³-hybridized carbons (Fsp3) is 0.123. The quantitative estimate of drug-likeness (QED) is 0.112. The molecule has 9 heteroatoms. The van der Waals surface area contributed by atoms with Gasteiger partial charge in [0.05, 0.1) is 22.7 Å². The number of benzene rings is 9. The molecule has 0 saturated heterocycles. The molecule has 5 nitrogen and oxygen atoms in total. The second-order valence-corrected chi connectivity index (χ2v) is 19.6. The van der Waals surface area contributed by atoms with Crippen LogP contribution in [0.25, 0.3) is 43.8 Å². The number of fused-ring (bicyclic) bond motifs is 8. The lowest BCUT2D eigenvalue weighted by Gasteiger charge is -2.32. The molecular formula is C57H43F3N2O3S. The SMILES string of the molecule is CC1(C)c2ccccc2-c2ccc(N(c3ccc(N(c4ccc5c(c4)C(C)(C)c4ccccc4-5)c4cccc5ccccc45)c(OS(=O)(=O)C(F)(F)F)c3)c3cccc4ccccc34)cc21. The van der Waals surface area contributed by atoms with E-state index < -0.39 is 26.8 Å². The Bertz CT molecular complexity index is 3550. The predicted molar refractivity (Wildman–Crippen MR) is 262 cm³/mol. The normalized spacial score (nSPS) is 14.3. The number of anilines is 6. The van der Waals surface area contributed by atoms with Crippen LogP contribution >= 0.6 is 0 Å². The summed E-state index contributed by atoms with van der Waals surface area (Å²) in [4.78, 5) is 3.78. The van der Waals surface area contributed by atoms with Gasteiger partial charge in [-0.25, -0.2) is 0 Å². The zero-order valence-corrected chi connectivity index (χ0v) is 37.4. The van der Waals surface area contributed by atoms with Gasteiger partial charge in [0.25, 0.3) is 0 Å². The molecule has 66 heavy (non-hydrogen) atoms. The van der Waals surface area contributed by atoms with E-state index in [1.165, 1.54) is 11.6 Å². The third kappa shape index (κ3) is 6.39. The lowest BCUT2D eigenvalue weighted by molar-refractivity contribution is -0.0499. The summed E-state index contributed by atoms with van der Waals surface area (Å²) in [5.41, 5.74) is 5.55. The van der Waals surface area contributed by atoms with E-state index in [-0.39, 0.29) is 11.1 Å². The minimum atomic E-state index is -6.18. The van der Waals surface area contributed by atoms with Gasteiger partial charge in [-0.1, -0.05) is 161 Å². The Kier molecular flexibility index (Phi) is 9.30. The lowest BCUT2D eigenvalue weighted by atomic mass is 9.82. The van der Waals surface area contributed by atoms with Gasteiger partial charge in [-0.05, 0) is 104 Å². The highest BCUT2D eigenvalue weighted by atomic mass is 32.2. The summed E-state index contributed by atoms with van der Waals surface area (Å²) in [5.74, 6) is -0.500. The number of alkyl halides is 3. The van der Waals surface area contributed by atoms with Gasteiger partial charge in [-0.2, -0.15) is 21.6 Å². The number of hydrogen-bond donors (Lipinski definition) is 0. The molecule has 0 unspecified atom stereocenters. The molecule has 326 valence electrons. The van der Waals surface area contributed by atoms with E-state index in [0.717, 1.165) is 71.9 Å². The molecule has 0 saturated carbocycles. The topological polar surface area (TPSA) is 49.9 Å². The van der Waals surface area contributed by atoms with E-state index in [4.69, 9.17) is 4.18 Å². The molecule has 0 N–H and O–H groups in total. The van der Waals surface area contributed by atoms with Crippen molar-refractivity contribution in [3.05, 3.63) is 210 Å². The van der Waals surface area contributed by atoms with Gasteiger partial charge in [0.1, 0.15) is 0 Å². The molecule has 9 aromatic rings. The van der Waals surface area contributed by atoms with Crippen molar-refractivity contribution >= 4 is 65.8 Å². The Labute approximate surface area is 382 Å². The van der Waals surface area contributed by atoms with Crippen molar-refractivity contribution in [2.24, 2.45) is 0 Å². The Hall–Kier alpha value is -7.36. The van der Waals surface area contributed by atoms with Crippen LogP contribution < -0.4 is 14.0 Å². The van der Waals surface area contributed by atoms with Crippen molar-refractivity contribution in [1.82, 2.24) is 0 Å². The highest BCUT2D eigenvalue weighted by molar-refractivity contribution is 7.88. The van der Waals surface area contributed by atoms with Crippen molar-refractivity contribution in [1.29, 1.82) is 0 Å². The monoisotopic (exact) mass is 892 g/mol. The van der Waals surface area contributed by atoms with E-state index in [1.807, 2.05) is 143 Å². The zero-order chi connectivity index (χ0) is 45.8. The van der Waals surface area contributed by atoms with Crippen LogP contribution in [0, 0.1) is 0 Å². The van der Waals surface area contributed by atoms with Crippen molar-refractivity contribution in [3.8, 4) is 28.0 Å². The summed E-state index contributed by atoms with van der Waals surface area (Å²) < 4.78 is 76.0. The first-order valence-corrected chi connectivity index (χ1v) is 23.2. The Morgan fingerprint density at radius 3 is 1.36 bits per heavy atom.